The average Bonchev–Trinajstić information content (AvgIpc) is 2.39. The molecular formula is C14H20FNOS. The number of aliphatic hydroxyl groups excluding tert-OH is 1. The topological polar surface area (TPSA) is 32.3 Å². The van der Waals surface area contributed by atoms with Crippen molar-refractivity contribution in [1.29, 1.82) is 0 Å². The number of hydrogen-bond acceptors (Lipinski definition) is 3. The van der Waals surface area contributed by atoms with Gasteiger partial charge in [-0.15, -0.1) is 11.8 Å². The van der Waals surface area contributed by atoms with E-state index in [9.17, 15) is 4.39 Å². The molecule has 1 aliphatic rings. The van der Waals surface area contributed by atoms with Crippen LogP contribution in [0.5, 0.6) is 0 Å². The second-order valence-electron chi connectivity index (χ2n) is 4.96. The molecule has 0 bridgehead atoms. The van der Waals surface area contributed by atoms with Crippen LogP contribution in [0, 0.1) is 11.7 Å². The molecule has 1 aromatic carbocycles. The number of aliphatic hydroxyl groups is 1. The lowest BCUT2D eigenvalue weighted by Crippen LogP contribution is -2.38. The first kappa shape index (κ1) is 13.8. The predicted octanol–water partition coefficient (Wildman–Crippen LogP) is 2.97. The third-order valence-electron chi connectivity index (χ3n) is 3.63. The molecule has 2 nitrogen and oxygen atoms in total. The Bertz CT molecular complexity index is 413. The number of thioether (sulfide) groups is 1. The van der Waals surface area contributed by atoms with Crippen molar-refractivity contribution in [2.24, 2.45) is 5.92 Å². The summed E-state index contributed by atoms with van der Waals surface area (Å²) in [6.45, 7) is 4.26. The molecule has 0 fully saturated rings. The van der Waals surface area contributed by atoms with Gasteiger partial charge in [0.15, 0.2) is 0 Å². The van der Waals surface area contributed by atoms with E-state index in [0.717, 1.165) is 22.6 Å². The molecule has 3 atom stereocenters. The number of fused-ring (bicyclic) bond motifs is 1. The van der Waals surface area contributed by atoms with Gasteiger partial charge in [-0.05, 0) is 36.6 Å². The minimum absolute atomic E-state index is 0.119. The summed E-state index contributed by atoms with van der Waals surface area (Å²) < 4.78 is 13.7. The summed E-state index contributed by atoms with van der Waals surface area (Å²) in [5.41, 5.74) is 1.06. The van der Waals surface area contributed by atoms with Crippen molar-refractivity contribution < 1.29 is 9.50 Å². The molecule has 2 rings (SSSR count). The summed E-state index contributed by atoms with van der Waals surface area (Å²) in [6.07, 6.45) is 1.00. The Hall–Kier alpha value is -0.580. The van der Waals surface area contributed by atoms with Gasteiger partial charge in [0.25, 0.3) is 0 Å². The van der Waals surface area contributed by atoms with Gasteiger partial charge in [-0.1, -0.05) is 19.1 Å². The van der Waals surface area contributed by atoms with Crippen molar-refractivity contribution in [3.05, 3.63) is 29.6 Å². The normalized spacial score (nSPS) is 22.3. The fourth-order valence-corrected chi connectivity index (χ4v) is 3.34. The Labute approximate surface area is 112 Å². The fourth-order valence-electron chi connectivity index (χ4n) is 2.20. The molecule has 0 saturated heterocycles. The van der Waals surface area contributed by atoms with E-state index in [1.165, 1.54) is 6.07 Å². The molecule has 1 heterocycles. The fraction of sp³-hybridized carbons (Fsp3) is 0.571. The molecule has 1 aliphatic heterocycles. The molecule has 2 N–H and O–H groups in total. The van der Waals surface area contributed by atoms with E-state index >= 15 is 0 Å². The van der Waals surface area contributed by atoms with E-state index in [1.807, 2.05) is 13.0 Å². The van der Waals surface area contributed by atoms with Gasteiger partial charge in [0.05, 0.1) is 0 Å². The van der Waals surface area contributed by atoms with Gasteiger partial charge in [0.2, 0.25) is 0 Å². The van der Waals surface area contributed by atoms with Crippen LogP contribution in [0.2, 0.25) is 0 Å². The SMILES string of the molecule is CC(CO)C(C)NC1CCSc2c(F)cccc21. The first-order chi connectivity index (χ1) is 8.63. The Morgan fingerprint density at radius 2 is 2.28 bits per heavy atom. The van der Waals surface area contributed by atoms with Crippen molar-refractivity contribution in [2.75, 3.05) is 12.4 Å². The number of rotatable bonds is 4. The number of nitrogens with one attached hydrogen (secondary N) is 1. The van der Waals surface area contributed by atoms with Gasteiger partial charge in [-0.2, -0.15) is 0 Å². The quantitative estimate of drug-likeness (QED) is 0.881. The molecule has 1 aromatic rings. The lowest BCUT2D eigenvalue weighted by Gasteiger charge is -2.31. The van der Waals surface area contributed by atoms with Crippen molar-refractivity contribution in [1.82, 2.24) is 5.32 Å². The van der Waals surface area contributed by atoms with Crippen molar-refractivity contribution in [3.8, 4) is 0 Å². The molecule has 0 aliphatic carbocycles. The third-order valence-corrected chi connectivity index (χ3v) is 4.79. The summed E-state index contributed by atoms with van der Waals surface area (Å²) >= 11 is 1.60. The maximum absolute atomic E-state index is 13.7. The molecule has 0 spiro atoms. The van der Waals surface area contributed by atoms with Gasteiger partial charge in [-0.3, -0.25) is 0 Å². The molecule has 0 saturated carbocycles. The minimum atomic E-state index is -0.119. The van der Waals surface area contributed by atoms with Crippen molar-refractivity contribution in [2.45, 2.75) is 37.2 Å². The van der Waals surface area contributed by atoms with Gasteiger partial charge < -0.3 is 10.4 Å². The summed E-state index contributed by atoms with van der Waals surface area (Å²) in [7, 11) is 0. The summed E-state index contributed by atoms with van der Waals surface area (Å²) in [5, 5.41) is 12.7. The lowest BCUT2D eigenvalue weighted by atomic mass is 9.99. The van der Waals surface area contributed by atoms with Gasteiger partial charge in [0, 0.05) is 23.6 Å². The van der Waals surface area contributed by atoms with E-state index < -0.39 is 0 Å². The Balaban J connectivity index is 2.15. The maximum atomic E-state index is 13.7. The van der Waals surface area contributed by atoms with E-state index in [4.69, 9.17) is 5.11 Å². The van der Waals surface area contributed by atoms with Crippen LogP contribution in [-0.2, 0) is 0 Å². The van der Waals surface area contributed by atoms with E-state index in [-0.39, 0.29) is 30.4 Å². The van der Waals surface area contributed by atoms with E-state index in [1.54, 1.807) is 17.8 Å². The molecular weight excluding hydrogens is 249 g/mol. The zero-order valence-corrected chi connectivity index (χ0v) is 11.6. The van der Waals surface area contributed by atoms with Crippen LogP contribution in [0.4, 0.5) is 4.39 Å². The van der Waals surface area contributed by atoms with Crippen LogP contribution in [-0.4, -0.2) is 23.5 Å². The molecule has 0 radical (unpaired) electrons. The molecule has 0 amide bonds. The number of benzene rings is 1. The molecule has 4 heteroatoms. The highest BCUT2D eigenvalue weighted by Gasteiger charge is 2.25. The highest BCUT2D eigenvalue weighted by molar-refractivity contribution is 7.99. The van der Waals surface area contributed by atoms with Crippen LogP contribution in [0.15, 0.2) is 23.1 Å². The zero-order chi connectivity index (χ0) is 13.1. The number of hydrogen-bond donors (Lipinski definition) is 2. The minimum Gasteiger partial charge on any atom is -0.396 e. The highest BCUT2D eigenvalue weighted by atomic mass is 32.2. The average molecular weight is 269 g/mol. The Kier molecular flexibility index (Phi) is 4.65. The Morgan fingerprint density at radius 1 is 1.50 bits per heavy atom. The molecule has 18 heavy (non-hydrogen) atoms. The largest absolute Gasteiger partial charge is 0.396 e. The lowest BCUT2D eigenvalue weighted by molar-refractivity contribution is 0.199. The van der Waals surface area contributed by atoms with E-state index in [2.05, 4.69) is 12.2 Å². The standard InChI is InChI=1S/C14H20FNOS/c1-9(8-17)10(2)16-13-6-7-18-14-11(13)4-3-5-12(14)15/h3-5,9-10,13,16-17H,6-8H2,1-2H3. The maximum Gasteiger partial charge on any atom is 0.137 e. The van der Waals surface area contributed by atoms with Crippen LogP contribution in [0.1, 0.15) is 31.9 Å². The molecule has 100 valence electrons. The van der Waals surface area contributed by atoms with Crippen LogP contribution >= 0.6 is 11.8 Å². The van der Waals surface area contributed by atoms with Crippen molar-refractivity contribution >= 4 is 11.8 Å². The second kappa shape index (κ2) is 6.04. The third kappa shape index (κ3) is 2.87. The van der Waals surface area contributed by atoms with Crippen LogP contribution < -0.4 is 5.32 Å². The van der Waals surface area contributed by atoms with Gasteiger partial charge in [0.1, 0.15) is 5.82 Å². The van der Waals surface area contributed by atoms with Crippen LogP contribution in [0.25, 0.3) is 0 Å². The molecule has 3 unspecified atom stereocenters. The Morgan fingerprint density at radius 3 is 3.00 bits per heavy atom. The molecule has 0 aromatic heterocycles. The van der Waals surface area contributed by atoms with Crippen LogP contribution in [0.3, 0.4) is 0 Å². The smallest absolute Gasteiger partial charge is 0.137 e. The van der Waals surface area contributed by atoms with E-state index in [0.29, 0.717) is 0 Å². The van der Waals surface area contributed by atoms with Gasteiger partial charge >= 0.3 is 0 Å². The monoisotopic (exact) mass is 269 g/mol. The number of halogens is 1. The highest BCUT2D eigenvalue weighted by Crippen LogP contribution is 2.38. The first-order valence-corrected chi connectivity index (χ1v) is 7.40. The summed E-state index contributed by atoms with van der Waals surface area (Å²) in [5.74, 6) is 1.02. The summed E-state index contributed by atoms with van der Waals surface area (Å²) in [6, 6.07) is 5.71. The predicted molar refractivity (Wildman–Crippen MR) is 73.3 cm³/mol. The first-order valence-electron chi connectivity index (χ1n) is 6.41. The second-order valence-corrected chi connectivity index (χ2v) is 6.07. The van der Waals surface area contributed by atoms with Crippen molar-refractivity contribution in [3.63, 3.8) is 0 Å². The van der Waals surface area contributed by atoms with Gasteiger partial charge in [-0.25, -0.2) is 4.39 Å². The zero-order valence-electron chi connectivity index (χ0n) is 10.8. The summed E-state index contributed by atoms with van der Waals surface area (Å²) in [4.78, 5) is 0.783.